The van der Waals surface area contributed by atoms with Crippen LogP contribution in [0.25, 0.3) is 28.1 Å². The van der Waals surface area contributed by atoms with E-state index in [0.717, 1.165) is 11.3 Å². The van der Waals surface area contributed by atoms with Gasteiger partial charge >= 0.3 is 5.69 Å². The molecule has 6 rings (SSSR count). The Kier molecular flexibility index (Phi) is 4.44. The number of aromatic nitrogens is 7. The van der Waals surface area contributed by atoms with E-state index < -0.39 is 24.7 Å². The van der Waals surface area contributed by atoms with E-state index in [-0.39, 0.29) is 29.5 Å². The fraction of sp³-hybridized carbons (Fsp3) is 0.217. The molecule has 0 amide bonds. The van der Waals surface area contributed by atoms with Gasteiger partial charge in [0.1, 0.15) is 11.8 Å². The van der Waals surface area contributed by atoms with Crippen LogP contribution in [0.3, 0.4) is 0 Å². The average molecular weight is 473 g/mol. The van der Waals surface area contributed by atoms with Crippen molar-refractivity contribution in [3.8, 4) is 12.0 Å². The van der Waals surface area contributed by atoms with Crippen LogP contribution in [0.5, 0.6) is 0 Å². The van der Waals surface area contributed by atoms with Crippen molar-refractivity contribution in [2.24, 2.45) is 0 Å². The number of nitriles is 1. The minimum absolute atomic E-state index is 0.149. The highest BCUT2D eigenvalue weighted by atomic mass is 19.3. The number of aryl methyl sites for hydroxylation is 1. The lowest BCUT2D eigenvalue weighted by Crippen LogP contribution is -2.56. The van der Waals surface area contributed by atoms with Gasteiger partial charge in [0.15, 0.2) is 11.5 Å². The van der Waals surface area contributed by atoms with Gasteiger partial charge < -0.3 is 9.88 Å². The smallest absolute Gasteiger partial charge is 0.328 e. The summed E-state index contributed by atoms with van der Waals surface area (Å²) in [6, 6.07) is 10.7. The van der Waals surface area contributed by atoms with Crippen LogP contribution >= 0.6 is 0 Å². The Bertz CT molecular complexity index is 1720. The van der Waals surface area contributed by atoms with E-state index in [2.05, 4.69) is 31.0 Å². The van der Waals surface area contributed by atoms with E-state index in [1.54, 1.807) is 35.0 Å². The Labute approximate surface area is 196 Å². The largest absolute Gasteiger partial charge is 0.342 e. The summed E-state index contributed by atoms with van der Waals surface area (Å²) in [5.74, 6) is -2.49. The van der Waals surface area contributed by atoms with Gasteiger partial charge in [-0.3, -0.25) is 14.1 Å². The fourth-order valence-electron chi connectivity index (χ4n) is 4.24. The van der Waals surface area contributed by atoms with Crippen molar-refractivity contribution in [2.45, 2.75) is 19.4 Å². The fourth-order valence-corrected chi connectivity index (χ4v) is 4.24. The van der Waals surface area contributed by atoms with Crippen LogP contribution < -0.4 is 10.6 Å². The minimum atomic E-state index is -2.84. The highest BCUT2D eigenvalue weighted by Gasteiger charge is 2.45. The summed E-state index contributed by atoms with van der Waals surface area (Å²) in [5.41, 5.74) is 3.30. The van der Waals surface area contributed by atoms with Gasteiger partial charge in [0.05, 0.1) is 42.3 Å². The summed E-state index contributed by atoms with van der Waals surface area (Å²) in [6.45, 7) is 0.995. The molecule has 0 bridgehead atoms. The quantitative estimate of drug-likeness (QED) is 0.426. The summed E-state index contributed by atoms with van der Waals surface area (Å²) in [5, 5.41) is 9.31. The molecule has 0 radical (unpaired) electrons. The third-order valence-electron chi connectivity index (χ3n) is 6.07. The molecule has 0 atom stereocenters. The number of benzene rings is 1. The van der Waals surface area contributed by atoms with Crippen LogP contribution in [0.2, 0.25) is 0 Å². The molecule has 1 N–H and O–H groups in total. The van der Waals surface area contributed by atoms with Gasteiger partial charge in [-0.25, -0.2) is 18.6 Å². The number of alkyl halides is 2. The zero-order valence-corrected chi connectivity index (χ0v) is 18.4. The molecule has 10 nitrogen and oxygen atoms in total. The monoisotopic (exact) mass is 473 g/mol. The summed E-state index contributed by atoms with van der Waals surface area (Å²) < 4.78 is 30.5. The zero-order valence-electron chi connectivity index (χ0n) is 18.4. The number of pyridine rings is 1. The third kappa shape index (κ3) is 3.40. The van der Waals surface area contributed by atoms with Crippen LogP contribution in [-0.2, 0) is 6.54 Å². The topological polar surface area (TPSA) is 121 Å². The highest BCUT2D eigenvalue weighted by Crippen LogP contribution is 2.34. The van der Waals surface area contributed by atoms with Crippen LogP contribution in [0.4, 0.5) is 14.6 Å². The Balaban J connectivity index is 1.58. The maximum absolute atomic E-state index is 13.7. The van der Waals surface area contributed by atoms with Crippen molar-refractivity contribution in [1.29, 1.82) is 5.26 Å². The Morgan fingerprint density at radius 2 is 2.03 bits per heavy atom. The Morgan fingerprint density at radius 3 is 2.77 bits per heavy atom. The van der Waals surface area contributed by atoms with Crippen LogP contribution in [0.1, 0.15) is 16.8 Å². The van der Waals surface area contributed by atoms with Crippen molar-refractivity contribution >= 4 is 28.0 Å². The number of H-pyrrole nitrogens is 1. The first-order valence-corrected chi connectivity index (χ1v) is 10.7. The number of nitrogens with zero attached hydrogens (tertiary/aromatic N) is 8. The molecule has 1 saturated heterocycles. The molecular formula is C23H17F2N9O. The number of nitrogens with one attached hydrogen (secondary N) is 1. The predicted molar refractivity (Wildman–Crippen MR) is 123 cm³/mol. The van der Waals surface area contributed by atoms with E-state index in [4.69, 9.17) is 0 Å². The number of hydrogen-bond donors (Lipinski definition) is 1. The van der Waals surface area contributed by atoms with E-state index >= 15 is 0 Å². The number of halogens is 2. The molecule has 1 aliphatic heterocycles. The molecule has 0 spiro atoms. The standard InChI is InChI=1S/C23H17F2N9O/c1-13-15(3-2-6-27-13)9-33-20-18(29-22(33)35)19(32-10-23(24,25)11-32)30-21(31-20)34-12-28-16-5-4-14(8-26)7-17(16)34/h2-7,12H,9-11H2,1H3,(H,29,35). The number of aromatic amines is 1. The maximum atomic E-state index is 13.7. The maximum Gasteiger partial charge on any atom is 0.328 e. The molecule has 4 aromatic heterocycles. The number of imidazole rings is 2. The van der Waals surface area contributed by atoms with Gasteiger partial charge in [-0.2, -0.15) is 15.2 Å². The van der Waals surface area contributed by atoms with E-state index in [9.17, 15) is 18.8 Å². The number of anilines is 1. The lowest BCUT2D eigenvalue weighted by atomic mass is 10.1. The summed E-state index contributed by atoms with van der Waals surface area (Å²) in [6.07, 6.45) is 3.17. The van der Waals surface area contributed by atoms with Crippen LogP contribution in [-0.4, -0.2) is 53.1 Å². The zero-order chi connectivity index (χ0) is 24.3. The third-order valence-corrected chi connectivity index (χ3v) is 6.07. The predicted octanol–water partition coefficient (Wildman–Crippen LogP) is 2.54. The molecule has 0 unspecified atom stereocenters. The Morgan fingerprint density at radius 1 is 1.20 bits per heavy atom. The first-order valence-electron chi connectivity index (χ1n) is 10.7. The first-order chi connectivity index (χ1) is 16.8. The molecule has 1 aliphatic rings. The van der Waals surface area contributed by atoms with Crippen molar-refractivity contribution < 1.29 is 8.78 Å². The van der Waals surface area contributed by atoms with Gasteiger partial charge in [0, 0.05) is 11.9 Å². The molecule has 12 heteroatoms. The first kappa shape index (κ1) is 20.9. The van der Waals surface area contributed by atoms with Gasteiger partial charge in [0.25, 0.3) is 5.92 Å². The van der Waals surface area contributed by atoms with Gasteiger partial charge in [-0.1, -0.05) is 6.07 Å². The van der Waals surface area contributed by atoms with Crippen LogP contribution in [0, 0.1) is 18.3 Å². The molecule has 5 heterocycles. The van der Waals surface area contributed by atoms with Crippen LogP contribution in [0.15, 0.2) is 47.7 Å². The molecule has 0 saturated carbocycles. The molecule has 5 aromatic rings. The van der Waals surface area contributed by atoms with Crippen molar-refractivity contribution in [3.05, 3.63) is 70.2 Å². The molecule has 1 aromatic carbocycles. The molecule has 174 valence electrons. The minimum Gasteiger partial charge on any atom is -0.342 e. The normalized spacial score (nSPS) is 14.9. The highest BCUT2D eigenvalue weighted by molar-refractivity contribution is 5.86. The molecule has 0 aliphatic carbocycles. The van der Waals surface area contributed by atoms with E-state index in [1.807, 2.05) is 13.0 Å². The lowest BCUT2D eigenvalue weighted by molar-refractivity contribution is -0.0265. The summed E-state index contributed by atoms with van der Waals surface area (Å²) >= 11 is 0. The van der Waals surface area contributed by atoms with Gasteiger partial charge in [0.2, 0.25) is 5.95 Å². The summed E-state index contributed by atoms with van der Waals surface area (Å²) in [7, 11) is 0. The van der Waals surface area contributed by atoms with E-state index in [0.29, 0.717) is 16.6 Å². The SMILES string of the molecule is Cc1ncccc1Cn1c(=O)[nH]c2c(N3CC(F)(F)C3)nc(-n3cnc4ccc(C#N)cc43)nc21. The lowest BCUT2D eigenvalue weighted by Gasteiger charge is -2.39. The molecular weight excluding hydrogens is 456 g/mol. The van der Waals surface area contributed by atoms with Crippen molar-refractivity contribution in [1.82, 2.24) is 34.1 Å². The van der Waals surface area contributed by atoms with E-state index in [1.165, 1.54) is 15.8 Å². The number of fused-ring (bicyclic) bond motifs is 2. The van der Waals surface area contributed by atoms with Crippen molar-refractivity contribution in [2.75, 3.05) is 18.0 Å². The second kappa shape index (κ2) is 7.42. The second-order valence-corrected chi connectivity index (χ2v) is 8.45. The number of hydrogen-bond acceptors (Lipinski definition) is 7. The number of rotatable bonds is 4. The van der Waals surface area contributed by atoms with Gasteiger partial charge in [-0.05, 0) is 36.8 Å². The van der Waals surface area contributed by atoms with Crippen molar-refractivity contribution in [3.63, 3.8) is 0 Å². The second-order valence-electron chi connectivity index (χ2n) is 8.45. The average Bonchev–Trinajstić information content (AvgIpc) is 3.38. The molecule has 35 heavy (non-hydrogen) atoms. The molecule has 1 fully saturated rings. The summed E-state index contributed by atoms with van der Waals surface area (Å²) in [4.78, 5) is 34.9. The van der Waals surface area contributed by atoms with Gasteiger partial charge in [-0.15, -0.1) is 0 Å². The Hall–Kier alpha value is -4.66.